The number of hydrogen-bond acceptors (Lipinski definition) is 3. The van der Waals surface area contributed by atoms with E-state index >= 15 is 0 Å². The number of ether oxygens (including phenoxy) is 1. The van der Waals surface area contributed by atoms with Crippen LogP contribution in [0.1, 0.15) is 12.8 Å². The lowest BCUT2D eigenvalue weighted by atomic mass is 10.5. The second-order valence-corrected chi connectivity index (χ2v) is 1.61. The molecule has 0 saturated carbocycles. The monoisotopic (exact) mass is 154 g/mol. The Bertz CT molecular complexity index is 167. The van der Waals surface area contributed by atoms with Gasteiger partial charge in [-0.3, -0.25) is 0 Å². The van der Waals surface area contributed by atoms with Crippen molar-refractivity contribution in [2.45, 2.75) is 12.8 Å². The highest BCUT2D eigenvalue weighted by Crippen LogP contribution is 1.72. The first-order valence-corrected chi connectivity index (χ1v) is 3.25. The lowest BCUT2D eigenvalue weighted by molar-refractivity contribution is 0.304. The van der Waals surface area contributed by atoms with Crippen molar-refractivity contribution in [3.63, 3.8) is 0 Å². The van der Waals surface area contributed by atoms with E-state index in [9.17, 15) is 0 Å². The van der Waals surface area contributed by atoms with Crippen LogP contribution in [0, 0.1) is 24.1 Å². The Labute approximate surface area is 66.0 Å². The van der Waals surface area contributed by atoms with Crippen molar-refractivity contribution >= 4 is 0 Å². The maximum atomic E-state index is 8.28. The van der Waals surface area contributed by atoms with Gasteiger partial charge in [0.25, 0.3) is 0 Å². The van der Waals surface area contributed by atoms with Gasteiger partial charge in [0.05, 0.1) is 13.2 Å². The van der Waals surface area contributed by atoms with Crippen molar-refractivity contribution in [1.82, 2.24) is 0 Å². The number of rotatable bonds is 2. The Balaban J connectivity index is 3.28. The zero-order valence-electron chi connectivity index (χ0n) is 6.13. The van der Waals surface area contributed by atoms with Crippen molar-refractivity contribution in [2.75, 3.05) is 13.2 Å². The summed E-state index contributed by atoms with van der Waals surface area (Å²) in [5.41, 5.74) is 0. The molecular weight excluding hydrogens is 144 g/mol. The number of aliphatic hydroxyl groups excluding tert-OH is 2. The van der Waals surface area contributed by atoms with E-state index in [1.54, 1.807) is 0 Å². The molecule has 0 aliphatic rings. The van der Waals surface area contributed by atoms with Crippen LogP contribution >= 0.6 is 0 Å². The van der Waals surface area contributed by atoms with Crippen LogP contribution in [-0.4, -0.2) is 23.4 Å². The zero-order chi connectivity index (χ0) is 8.36. The minimum absolute atomic E-state index is 0.0282. The molecule has 0 saturated heterocycles. The predicted molar refractivity (Wildman–Crippen MR) is 40.0 cm³/mol. The molecule has 11 heavy (non-hydrogen) atoms. The second kappa shape index (κ2) is 8.84. The van der Waals surface area contributed by atoms with Gasteiger partial charge >= 0.3 is 0 Å². The second-order valence-electron chi connectivity index (χ2n) is 1.61. The zero-order valence-corrected chi connectivity index (χ0v) is 6.13. The molecule has 0 aromatic carbocycles. The Hall–Kier alpha value is -1.16. The highest BCUT2D eigenvalue weighted by molar-refractivity contribution is 4.98. The first kappa shape index (κ1) is 9.84. The third-order valence-electron chi connectivity index (χ3n) is 0.720. The summed E-state index contributed by atoms with van der Waals surface area (Å²) in [6.45, 7) is 0.0564. The van der Waals surface area contributed by atoms with Gasteiger partial charge in [-0.15, -0.1) is 0 Å². The molecule has 3 nitrogen and oxygen atoms in total. The molecule has 0 fully saturated rings. The fraction of sp³-hybridized carbons (Fsp3) is 0.500. The van der Waals surface area contributed by atoms with Gasteiger partial charge in [-0.25, -0.2) is 0 Å². The van der Waals surface area contributed by atoms with E-state index in [4.69, 9.17) is 10.2 Å². The van der Waals surface area contributed by atoms with Crippen LogP contribution in [0.3, 0.4) is 0 Å². The average molecular weight is 154 g/mol. The number of aliphatic hydroxyl groups is 2. The van der Waals surface area contributed by atoms with Gasteiger partial charge in [0.2, 0.25) is 0 Å². The summed E-state index contributed by atoms with van der Waals surface area (Å²) in [6, 6.07) is 0. The topological polar surface area (TPSA) is 49.7 Å². The average Bonchev–Trinajstić information content (AvgIpc) is 2.03. The van der Waals surface area contributed by atoms with Crippen molar-refractivity contribution in [3.05, 3.63) is 0 Å². The van der Waals surface area contributed by atoms with E-state index in [1.165, 1.54) is 0 Å². The molecule has 0 amide bonds. The standard InChI is InChI=1S/C8H10O3/c9-5-1-3-7-11-8-4-2-6-10/h9-10H,1-2,5-6H2. The predicted octanol–water partition coefficient (Wildman–Crippen LogP) is -0.310. The minimum Gasteiger partial charge on any atom is -0.395 e. The molecule has 0 bridgehead atoms. The summed E-state index contributed by atoms with van der Waals surface area (Å²) in [7, 11) is 0. The quantitative estimate of drug-likeness (QED) is 0.536. The Morgan fingerprint density at radius 3 is 1.73 bits per heavy atom. The van der Waals surface area contributed by atoms with Crippen molar-refractivity contribution in [3.8, 4) is 24.1 Å². The molecule has 0 rings (SSSR count). The third-order valence-corrected chi connectivity index (χ3v) is 0.720. The summed E-state index contributed by atoms with van der Waals surface area (Å²) in [4.78, 5) is 0. The first-order valence-electron chi connectivity index (χ1n) is 3.25. The highest BCUT2D eigenvalue weighted by Gasteiger charge is 1.71. The molecule has 0 aromatic heterocycles. The first-order chi connectivity index (χ1) is 5.41. The maximum absolute atomic E-state index is 8.28. The van der Waals surface area contributed by atoms with E-state index in [1.807, 2.05) is 0 Å². The molecule has 0 atom stereocenters. The molecule has 0 radical (unpaired) electrons. The SMILES string of the molecule is OCCC#COC#CCCO. The molecule has 0 unspecified atom stereocenters. The lowest BCUT2D eigenvalue weighted by Crippen LogP contribution is -1.78. The summed E-state index contributed by atoms with van der Waals surface area (Å²) >= 11 is 0. The van der Waals surface area contributed by atoms with Gasteiger partial charge in [0.15, 0.2) is 0 Å². The Kier molecular flexibility index (Phi) is 7.91. The molecule has 0 spiro atoms. The van der Waals surface area contributed by atoms with Crippen LogP contribution in [0.2, 0.25) is 0 Å². The molecule has 0 aromatic rings. The van der Waals surface area contributed by atoms with Crippen LogP contribution in [0.4, 0.5) is 0 Å². The highest BCUT2D eigenvalue weighted by atomic mass is 16.5. The van der Waals surface area contributed by atoms with Gasteiger partial charge in [-0.05, 0) is 0 Å². The Morgan fingerprint density at radius 1 is 0.909 bits per heavy atom. The van der Waals surface area contributed by atoms with E-state index in [-0.39, 0.29) is 13.2 Å². The largest absolute Gasteiger partial charge is 0.395 e. The molecule has 0 heterocycles. The third kappa shape index (κ3) is 8.84. The minimum atomic E-state index is 0.0282. The molecule has 60 valence electrons. The molecule has 2 N–H and O–H groups in total. The molecule has 0 aliphatic carbocycles. The summed E-state index contributed by atoms with van der Waals surface area (Å²) < 4.78 is 4.49. The van der Waals surface area contributed by atoms with E-state index in [0.29, 0.717) is 12.8 Å². The Morgan fingerprint density at radius 2 is 1.36 bits per heavy atom. The number of hydrogen-bond donors (Lipinski definition) is 2. The molecule has 3 heteroatoms. The van der Waals surface area contributed by atoms with E-state index in [2.05, 4.69) is 28.8 Å². The summed E-state index contributed by atoms with van der Waals surface area (Å²) in [5, 5.41) is 16.6. The van der Waals surface area contributed by atoms with Crippen LogP contribution < -0.4 is 0 Å². The van der Waals surface area contributed by atoms with Gasteiger partial charge < -0.3 is 14.9 Å². The molecular formula is C8H10O3. The van der Waals surface area contributed by atoms with Crippen molar-refractivity contribution in [2.24, 2.45) is 0 Å². The van der Waals surface area contributed by atoms with Crippen LogP contribution in [0.5, 0.6) is 0 Å². The van der Waals surface area contributed by atoms with Crippen LogP contribution in [0.15, 0.2) is 0 Å². The summed E-state index contributed by atoms with van der Waals surface area (Å²) in [5.74, 6) is 5.05. The van der Waals surface area contributed by atoms with E-state index in [0.717, 1.165) is 0 Å². The van der Waals surface area contributed by atoms with Crippen molar-refractivity contribution in [1.29, 1.82) is 0 Å². The molecule has 0 aliphatic heterocycles. The van der Waals surface area contributed by atoms with Crippen LogP contribution in [-0.2, 0) is 4.74 Å². The van der Waals surface area contributed by atoms with Gasteiger partial charge in [0, 0.05) is 12.8 Å². The fourth-order valence-electron chi connectivity index (χ4n) is 0.312. The van der Waals surface area contributed by atoms with Crippen molar-refractivity contribution < 1.29 is 14.9 Å². The lowest BCUT2D eigenvalue weighted by Gasteiger charge is -1.78. The van der Waals surface area contributed by atoms with Gasteiger partial charge in [0.1, 0.15) is 12.2 Å². The van der Waals surface area contributed by atoms with Gasteiger partial charge in [-0.1, -0.05) is 11.8 Å². The maximum Gasteiger partial charge on any atom is 0.130 e. The van der Waals surface area contributed by atoms with E-state index < -0.39 is 0 Å². The normalized spacial score (nSPS) is 7.09. The smallest absolute Gasteiger partial charge is 0.130 e. The summed E-state index contributed by atoms with van der Waals surface area (Å²) in [6.07, 6.45) is 5.34. The van der Waals surface area contributed by atoms with Gasteiger partial charge in [-0.2, -0.15) is 0 Å². The van der Waals surface area contributed by atoms with Crippen LogP contribution in [0.25, 0.3) is 0 Å². The fourth-order valence-corrected chi connectivity index (χ4v) is 0.312.